The van der Waals surface area contributed by atoms with Gasteiger partial charge in [0, 0.05) is 36.5 Å². The third-order valence-corrected chi connectivity index (χ3v) is 8.12. The average Bonchev–Trinajstić information content (AvgIpc) is 3.20. The van der Waals surface area contributed by atoms with E-state index < -0.39 is 11.1 Å². The van der Waals surface area contributed by atoms with Gasteiger partial charge in [-0.3, -0.25) is 19.3 Å². The van der Waals surface area contributed by atoms with Crippen molar-refractivity contribution >= 4 is 29.3 Å². The van der Waals surface area contributed by atoms with Gasteiger partial charge in [0.1, 0.15) is 5.54 Å². The highest BCUT2D eigenvalue weighted by atomic mass is 35.5. The zero-order chi connectivity index (χ0) is 23.5. The third-order valence-electron chi connectivity index (χ3n) is 7.87. The lowest BCUT2D eigenvalue weighted by Gasteiger charge is -2.48. The quantitative estimate of drug-likeness (QED) is 0.635. The molecule has 3 aliphatic rings. The monoisotopic (exact) mass is 474 g/mol. The van der Waals surface area contributed by atoms with E-state index in [1.807, 2.05) is 29.2 Å². The van der Waals surface area contributed by atoms with E-state index in [2.05, 4.69) is 10.2 Å². The molecule has 3 fully saturated rings. The second kappa shape index (κ2) is 10.0. The fraction of sp³-hybridized carbons (Fsp3) is 0.640. The molecule has 1 aromatic carbocycles. The lowest BCUT2D eigenvalue weighted by molar-refractivity contribution is -0.142. The number of likely N-dealkylation sites (tertiary alicyclic amines) is 2. The molecule has 3 aliphatic heterocycles. The summed E-state index contributed by atoms with van der Waals surface area (Å²) >= 11 is 6.01. The summed E-state index contributed by atoms with van der Waals surface area (Å²) in [4.78, 5) is 41.7. The van der Waals surface area contributed by atoms with Gasteiger partial charge in [-0.1, -0.05) is 30.2 Å². The van der Waals surface area contributed by atoms with Crippen LogP contribution in [0.15, 0.2) is 24.3 Å². The van der Waals surface area contributed by atoms with Gasteiger partial charge >= 0.3 is 0 Å². The van der Waals surface area contributed by atoms with Crippen LogP contribution in [0.5, 0.6) is 0 Å². The molecular formula is C25H35ClN4O3. The zero-order valence-electron chi connectivity index (χ0n) is 19.3. The summed E-state index contributed by atoms with van der Waals surface area (Å²) in [5.74, 6) is -0.127. The van der Waals surface area contributed by atoms with Crippen LogP contribution in [0.3, 0.4) is 0 Å². The maximum absolute atomic E-state index is 13.1. The van der Waals surface area contributed by atoms with Gasteiger partial charge < -0.3 is 16.0 Å². The molecule has 0 aromatic heterocycles. The van der Waals surface area contributed by atoms with E-state index in [1.165, 1.54) is 6.42 Å². The first-order chi connectivity index (χ1) is 15.8. The highest BCUT2D eigenvalue weighted by molar-refractivity contribution is 6.30. The van der Waals surface area contributed by atoms with Crippen molar-refractivity contribution in [3.05, 3.63) is 34.9 Å². The average molecular weight is 475 g/mol. The molecule has 0 unspecified atom stereocenters. The number of amides is 3. The molecule has 3 heterocycles. The maximum atomic E-state index is 13.1. The Labute approximate surface area is 201 Å². The minimum absolute atomic E-state index is 0.0437. The Morgan fingerprint density at radius 1 is 1.00 bits per heavy atom. The van der Waals surface area contributed by atoms with Crippen LogP contribution in [0.4, 0.5) is 0 Å². The molecule has 1 atom stereocenters. The maximum Gasteiger partial charge on any atom is 0.238 e. The van der Waals surface area contributed by atoms with E-state index in [0.717, 1.165) is 37.9 Å². The zero-order valence-corrected chi connectivity index (χ0v) is 20.0. The second-order valence-electron chi connectivity index (χ2n) is 9.96. The number of primary amides is 1. The summed E-state index contributed by atoms with van der Waals surface area (Å²) < 4.78 is 0. The number of piperidine rings is 2. The molecule has 0 spiro atoms. The number of benzene rings is 1. The minimum Gasteiger partial charge on any atom is -0.368 e. The molecule has 8 heteroatoms. The topological polar surface area (TPSA) is 95.7 Å². The van der Waals surface area contributed by atoms with Crippen molar-refractivity contribution in [3.8, 4) is 0 Å². The normalized spacial score (nSPS) is 25.6. The fourth-order valence-corrected chi connectivity index (χ4v) is 5.97. The summed E-state index contributed by atoms with van der Waals surface area (Å²) in [5, 5.41) is 3.83. The van der Waals surface area contributed by atoms with E-state index in [1.54, 1.807) is 0 Å². The number of carbonyl (C=O) groups is 3. The van der Waals surface area contributed by atoms with Crippen molar-refractivity contribution in [3.63, 3.8) is 0 Å². The first kappa shape index (κ1) is 24.0. The molecule has 3 N–H and O–H groups in total. The Kier molecular flexibility index (Phi) is 7.29. The molecule has 3 saturated heterocycles. The highest BCUT2D eigenvalue weighted by Crippen LogP contribution is 2.33. The summed E-state index contributed by atoms with van der Waals surface area (Å²) in [7, 11) is 0. The van der Waals surface area contributed by atoms with Gasteiger partial charge in [0.15, 0.2) is 0 Å². The van der Waals surface area contributed by atoms with Gasteiger partial charge in [-0.2, -0.15) is 0 Å². The molecule has 180 valence electrons. The summed E-state index contributed by atoms with van der Waals surface area (Å²) in [5.41, 5.74) is 5.95. The number of carbonyl (C=O) groups excluding carboxylic acids is 3. The van der Waals surface area contributed by atoms with Crippen molar-refractivity contribution in [2.24, 2.45) is 5.73 Å². The smallest absolute Gasteiger partial charge is 0.238 e. The lowest BCUT2D eigenvalue weighted by Crippen LogP contribution is -2.63. The van der Waals surface area contributed by atoms with Gasteiger partial charge in [0.2, 0.25) is 17.7 Å². The number of halogens is 1. The standard InChI is InChI=1S/C25H35ClN4O3/c26-20-6-4-19(5-7-20)18-24(10-8-21(31)28-24)11-9-22(32)29-16-12-25(13-17-29,23(27)33)30-14-2-1-3-15-30/h4-7H,1-3,8-18H2,(H2,27,33)(H,28,31)/t24-/m1/s1. The molecule has 0 bridgehead atoms. The van der Waals surface area contributed by atoms with E-state index in [-0.39, 0.29) is 17.7 Å². The molecular weight excluding hydrogens is 440 g/mol. The lowest BCUT2D eigenvalue weighted by atomic mass is 9.82. The Hall–Kier alpha value is -2.12. The highest BCUT2D eigenvalue weighted by Gasteiger charge is 2.46. The van der Waals surface area contributed by atoms with Crippen LogP contribution in [0, 0.1) is 0 Å². The van der Waals surface area contributed by atoms with E-state index >= 15 is 0 Å². The van der Waals surface area contributed by atoms with Crippen molar-refractivity contribution in [1.29, 1.82) is 0 Å². The number of nitrogens with two attached hydrogens (primary N) is 1. The molecule has 33 heavy (non-hydrogen) atoms. The Balaban J connectivity index is 1.36. The van der Waals surface area contributed by atoms with Crippen LogP contribution >= 0.6 is 11.6 Å². The molecule has 1 aromatic rings. The SMILES string of the molecule is NC(=O)C1(N2CCCCC2)CCN(C(=O)CC[C@@]2(Cc3ccc(Cl)cc3)CCC(=O)N2)CC1. The van der Waals surface area contributed by atoms with Crippen molar-refractivity contribution in [1.82, 2.24) is 15.1 Å². The first-order valence-electron chi connectivity index (χ1n) is 12.2. The predicted octanol–water partition coefficient (Wildman–Crippen LogP) is 2.64. The number of nitrogens with zero attached hydrogens (tertiary/aromatic N) is 2. The van der Waals surface area contributed by atoms with E-state index in [4.69, 9.17) is 17.3 Å². The van der Waals surface area contributed by atoms with Crippen LogP contribution in [0.25, 0.3) is 0 Å². The fourth-order valence-electron chi connectivity index (χ4n) is 5.85. The Morgan fingerprint density at radius 3 is 2.24 bits per heavy atom. The molecule has 0 saturated carbocycles. The summed E-state index contributed by atoms with van der Waals surface area (Å²) in [6.07, 6.45) is 7.46. The van der Waals surface area contributed by atoms with Crippen molar-refractivity contribution in [2.75, 3.05) is 26.2 Å². The van der Waals surface area contributed by atoms with E-state index in [0.29, 0.717) is 56.6 Å². The predicted molar refractivity (Wildman–Crippen MR) is 128 cm³/mol. The number of rotatable bonds is 7. The molecule has 4 rings (SSSR count). The van der Waals surface area contributed by atoms with Crippen molar-refractivity contribution < 1.29 is 14.4 Å². The van der Waals surface area contributed by atoms with Gasteiger partial charge in [-0.05, 0) is 75.7 Å². The van der Waals surface area contributed by atoms with E-state index in [9.17, 15) is 14.4 Å². The van der Waals surface area contributed by atoms with Crippen LogP contribution < -0.4 is 11.1 Å². The third kappa shape index (κ3) is 5.35. The number of hydrogen-bond donors (Lipinski definition) is 2. The summed E-state index contributed by atoms with van der Waals surface area (Å²) in [6.45, 7) is 2.91. The molecule has 0 aliphatic carbocycles. The Morgan fingerprint density at radius 2 is 1.67 bits per heavy atom. The number of nitrogens with one attached hydrogen (secondary N) is 1. The van der Waals surface area contributed by atoms with Crippen LogP contribution in [-0.4, -0.2) is 64.8 Å². The molecule has 3 amide bonds. The minimum atomic E-state index is -0.619. The van der Waals surface area contributed by atoms with Gasteiger partial charge in [0.25, 0.3) is 0 Å². The first-order valence-corrected chi connectivity index (χ1v) is 12.6. The number of hydrogen-bond acceptors (Lipinski definition) is 4. The van der Waals surface area contributed by atoms with Crippen LogP contribution in [0.1, 0.15) is 63.4 Å². The van der Waals surface area contributed by atoms with Crippen molar-refractivity contribution in [2.45, 2.75) is 75.3 Å². The molecule has 7 nitrogen and oxygen atoms in total. The summed E-state index contributed by atoms with van der Waals surface area (Å²) in [6, 6.07) is 7.66. The van der Waals surface area contributed by atoms with Crippen LogP contribution in [-0.2, 0) is 20.8 Å². The molecule has 0 radical (unpaired) electrons. The van der Waals surface area contributed by atoms with Gasteiger partial charge in [-0.15, -0.1) is 0 Å². The van der Waals surface area contributed by atoms with Gasteiger partial charge in [0.05, 0.1) is 0 Å². The van der Waals surface area contributed by atoms with Crippen LogP contribution in [0.2, 0.25) is 5.02 Å². The Bertz CT molecular complexity index is 876. The largest absolute Gasteiger partial charge is 0.368 e. The van der Waals surface area contributed by atoms with Gasteiger partial charge in [-0.25, -0.2) is 0 Å². The second-order valence-corrected chi connectivity index (χ2v) is 10.4.